The zero-order chi connectivity index (χ0) is 56.2. The van der Waals surface area contributed by atoms with E-state index in [-0.39, 0.29) is 5.97 Å². The summed E-state index contributed by atoms with van der Waals surface area (Å²) in [6.45, 7) is 24.5. The first-order chi connectivity index (χ1) is 37.9. The van der Waals surface area contributed by atoms with Gasteiger partial charge in [-0.05, 0) is 102 Å². The van der Waals surface area contributed by atoms with E-state index in [1.807, 2.05) is 0 Å². The molecule has 0 heterocycles. The van der Waals surface area contributed by atoms with Crippen LogP contribution in [0.4, 0.5) is 0 Å². The van der Waals surface area contributed by atoms with Crippen LogP contribution in [0, 0.1) is 11.8 Å². The summed E-state index contributed by atoms with van der Waals surface area (Å²) in [6, 6.07) is 0.629. The van der Waals surface area contributed by atoms with E-state index in [1.165, 1.54) is 327 Å². The predicted molar refractivity (Wildman–Crippen MR) is 344 cm³/mol. The van der Waals surface area contributed by atoms with Gasteiger partial charge in [-0.3, -0.25) is 4.79 Å². The second-order valence-electron chi connectivity index (χ2n) is 24.9. The number of allylic oxidation sites excluding steroid dienone is 2. The van der Waals surface area contributed by atoms with Crippen LogP contribution in [0.3, 0.4) is 0 Å². The predicted octanol–water partition coefficient (Wildman–Crippen LogP) is 23.9. The zero-order valence-corrected chi connectivity index (χ0v) is 53.8. The number of hydrogen-bond donors (Lipinski definition) is 1. The Morgan fingerprint density at radius 1 is 0.364 bits per heavy atom. The summed E-state index contributed by atoms with van der Waals surface area (Å²) in [7, 11) is 2.08. The zero-order valence-electron chi connectivity index (χ0n) is 53.8. The second-order valence-corrected chi connectivity index (χ2v) is 24.9. The lowest BCUT2D eigenvalue weighted by molar-refractivity contribution is -0.145. The molecule has 3 atom stereocenters. The van der Waals surface area contributed by atoms with Gasteiger partial charge in [0.2, 0.25) is 0 Å². The average molecular weight is 1080 g/mol. The number of ether oxygens (including phenoxy) is 2. The highest BCUT2D eigenvalue weighted by atomic mass is 16.5. The molecule has 5 nitrogen and oxygen atoms in total. The summed E-state index contributed by atoms with van der Waals surface area (Å²) >= 11 is 0. The summed E-state index contributed by atoms with van der Waals surface area (Å²) in [5.74, 6) is 2.33. The van der Waals surface area contributed by atoms with Crippen LogP contribution in [-0.2, 0) is 14.3 Å². The number of nitrogens with one attached hydrogen (secondary N) is 1. The maximum atomic E-state index is 12.8. The van der Waals surface area contributed by atoms with Gasteiger partial charge in [0.25, 0.3) is 0 Å². The number of carbonyl (C=O) groups is 1. The van der Waals surface area contributed by atoms with Crippen molar-refractivity contribution < 1.29 is 14.3 Å². The molecule has 5 heteroatoms. The van der Waals surface area contributed by atoms with E-state index >= 15 is 0 Å². The van der Waals surface area contributed by atoms with Gasteiger partial charge in [0.15, 0.2) is 0 Å². The molecule has 458 valence electrons. The van der Waals surface area contributed by atoms with Crippen LogP contribution in [0.1, 0.15) is 381 Å². The first-order valence-electron chi connectivity index (χ1n) is 35.4. The fraction of sp³-hybridized carbons (Fsp3) is 0.931. The van der Waals surface area contributed by atoms with Gasteiger partial charge >= 0.3 is 5.97 Å². The lowest BCUT2D eigenvalue weighted by Gasteiger charge is -2.36. The quantitative estimate of drug-likeness (QED) is 0.0374. The van der Waals surface area contributed by atoms with Crippen LogP contribution < -0.4 is 5.32 Å². The minimum absolute atomic E-state index is 0.0434. The van der Waals surface area contributed by atoms with Crippen molar-refractivity contribution in [3.05, 3.63) is 24.6 Å². The number of rotatable bonds is 66. The highest BCUT2D eigenvalue weighted by molar-refractivity contribution is 5.69. The third-order valence-electron chi connectivity index (χ3n) is 17.3. The Morgan fingerprint density at radius 2 is 0.675 bits per heavy atom. The van der Waals surface area contributed by atoms with Crippen LogP contribution in [0.25, 0.3) is 0 Å². The summed E-state index contributed by atoms with van der Waals surface area (Å²) in [4.78, 5) is 15.6. The molecule has 0 spiro atoms. The Kier molecular flexibility index (Phi) is 60.9. The van der Waals surface area contributed by atoms with Gasteiger partial charge in [0.05, 0.1) is 19.0 Å². The maximum Gasteiger partial charge on any atom is 0.305 e. The molecule has 77 heavy (non-hydrogen) atoms. The standard InChI is InChI=1S/C72H142N2O3/c1-9-14-19-24-27-30-35-42-53-64-74(67(6)54-51-52-63-73-8)71(61-49-40-34-33-36-43-55-68(7)76-65-69(56-44-22-17-12-4)58-46-37-25-20-15-10-2)60-48-39-31-28-29-32-41-50-62-72(75)77-66-70(57-45-23-18-13-5)59-47-38-26-21-16-11-3/h69-71,73H,6-7,9-66H2,1-5,8H3. The Labute approximate surface area is 485 Å². The van der Waals surface area contributed by atoms with Gasteiger partial charge in [0.1, 0.15) is 0 Å². The Balaban J connectivity index is 5.06. The van der Waals surface area contributed by atoms with Crippen molar-refractivity contribution in [2.24, 2.45) is 11.8 Å². The molecular formula is C72H142N2O3. The van der Waals surface area contributed by atoms with Crippen LogP contribution in [0.5, 0.6) is 0 Å². The third-order valence-corrected chi connectivity index (χ3v) is 17.3. The molecule has 0 fully saturated rings. The highest BCUT2D eigenvalue weighted by Crippen LogP contribution is 2.27. The summed E-state index contributed by atoms with van der Waals surface area (Å²) < 4.78 is 12.3. The summed E-state index contributed by atoms with van der Waals surface area (Å²) in [5.41, 5.74) is 1.41. The number of hydrogen-bond acceptors (Lipinski definition) is 5. The molecule has 0 bridgehead atoms. The number of nitrogens with zero attached hydrogens (tertiary/aromatic N) is 1. The van der Waals surface area contributed by atoms with E-state index in [4.69, 9.17) is 16.1 Å². The van der Waals surface area contributed by atoms with Gasteiger partial charge in [-0.25, -0.2) is 0 Å². The van der Waals surface area contributed by atoms with Gasteiger partial charge in [0, 0.05) is 31.1 Å². The van der Waals surface area contributed by atoms with Crippen molar-refractivity contribution in [3.63, 3.8) is 0 Å². The van der Waals surface area contributed by atoms with Crippen molar-refractivity contribution in [3.8, 4) is 0 Å². The summed E-state index contributed by atoms with van der Waals surface area (Å²) in [5, 5.41) is 3.37. The molecule has 0 aliphatic carbocycles. The third kappa shape index (κ3) is 53.6. The lowest BCUT2D eigenvalue weighted by atomic mass is 9.95. The van der Waals surface area contributed by atoms with Crippen molar-refractivity contribution >= 4 is 5.97 Å². The maximum absolute atomic E-state index is 12.8. The molecule has 0 aliphatic heterocycles. The Bertz CT molecular complexity index is 1200. The molecule has 0 rings (SSSR count). The highest BCUT2D eigenvalue weighted by Gasteiger charge is 2.20. The van der Waals surface area contributed by atoms with Crippen molar-refractivity contribution in [2.45, 2.75) is 387 Å². The van der Waals surface area contributed by atoms with Gasteiger partial charge in [-0.15, -0.1) is 0 Å². The molecule has 0 aromatic carbocycles. The SMILES string of the molecule is C=C(CCCCCCCCC(CCCCCCCCCCC(=O)OCC(CCCCCC)CCCCCCCC)N(CCCCCCCCCCC)C(=C)CCCCNC)OCC(CCCCCC)CCCCCCCC. The fourth-order valence-electron chi connectivity index (χ4n) is 11.9. The first kappa shape index (κ1) is 75.5. The van der Waals surface area contributed by atoms with Crippen LogP contribution in [0.15, 0.2) is 24.6 Å². The van der Waals surface area contributed by atoms with Crippen molar-refractivity contribution in [2.75, 3.05) is 33.4 Å². The molecule has 0 aromatic heterocycles. The van der Waals surface area contributed by atoms with Crippen molar-refractivity contribution in [1.29, 1.82) is 0 Å². The van der Waals surface area contributed by atoms with Gasteiger partial charge < -0.3 is 19.7 Å². The molecule has 0 saturated heterocycles. The number of unbranched alkanes of at least 4 members (excludes halogenated alkanes) is 37. The molecule has 1 N–H and O–H groups in total. The average Bonchev–Trinajstić information content (AvgIpc) is 3.43. The Hall–Kier alpha value is -1.49. The minimum Gasteiger partial charge on any atom is -0.498 e. The van der Waals surface area contributed by atoms with E-state index in [0.29, 0.717) is 30.9 Å². The molecule has 0 amide bonds. The van der Waals surface area contributed by atoms with Crippen LogP contribution in [0.2, 0.25) is 0 Å². The number of carbonyl (C=O) groups excluding carboxylic acids is 1. The lowest BCUT2D eigenvalue weighted by Crippen LogP contribution is -2.35. The molecule has 0 aliphatic rings. The topological polar surface area (TPSA) is 50.8 Å². The molecule has 0 radical (unpaired) electrons. The second kappa shape index (κ2) is 62.1. The van der Waals surface area contributed by atoms with E-state index < -0.39 is 0 Å². The molecule has 0 saturated carbocycles. The monoisotopic (exact) mass is 1080 g/mol. The van der Waals surface area contributed by atoms with E-state index in [1.54, 1.807) is 0 Å². The first-order valence-corrected chi connectivity index (χ1v) is 35.4. The van der Waals surface area contributed by atoms with Gasteiger partial charge in [-0.1, -0.05) is 305 Å². The normalized spacial score (nSPS) is 12.8. The Morgan fingerprint density at radius 3 is 1.08 bits per heavy atom. The minimum atomic E-state index is 0.0434. The smallest absolute Gasteiger partial charge is 0.305 e. The van der Waals surface area contributed by atoms with E-state index in [0.717, 1.165) is 44.6 Å². The van der Waals surface area contributed by atoms with Gasteiger partial charge in [-0.2, -0.15) is 0 Å². The van der Waals surface area contributed by atoms with Crippen LogP contribution in [-0.4, -0.2) is 50.3 Å². The van der Waals surface area contributed by atoms with E-state index in [2.05, 4.69) is 58.5 Å². The van der Waals surface area contributed by atoms with Crippen LogP contribution >= 0.6 is 0 Å². The van der Waals surface area contributed by atoms with Crippen molar-refractivity contribution in [1.82, 2.24) is 10.2 Å². The molecular weight excluding hydrogens is 941 g/mol. The largest absolute Gasteiger partial charge is 0.498 e. The molecule has 3 unspecified atom stereocenters. The molecule has 0 aromatic rings. The summed E-state index contributed by atoms with van der Waals surface area (Å²) in [6.07, 6.45) is 70.3. The van der Waals surface area contributed by atoms with E-state index in [9.17, 15) is 4.79 Å². The number of esters is 1. The fourth-order valence-corrected chi connectivity index (χ4v) is 11.9.